The number of anilines is 1. The van der Waals surface area contributed by atoms with Crippen LogP contribution >= 0.6 is 0 Å². The number of rotatable bonds is 6. The third-order valence-electron chi connectivity index (χ3n) is 3.59. The quantitative estimate of drug-likeness (QED) is 0.818. The van der Waals surface area contributed by atoms with Crippen molar-refractivity contribution in [3.05, 3.63) is 18.1 Å². The second-order valence-electron chi connectivity index (χ2n) is 5.12. The Morgan fingerprint density at radius 2 is 2.26 bits per heavy atom. The van der Waals surface area contributed by atoms with Crippen molar-refractivity contribution >= 4 is 5.82 Å². The minimum Gasteiger partial charge on any atom is -0.395 e. The van der Waals surface area contributed by atoms with Gasteiger partial charge in [0.25, 0.3) is 0 Å². The van der Waals surface area contributed by atoms with E-state index in [1.165, 1.54) is 12.8 Å². The highest BCUT2D eigenvalue weighted by molar-refractivity contribution is 5.30. The summed E-state index contributed by atoms with van der Waals surface area (Å²) in [5.41, 5.74) is 0.974. The van der Waals surface area contributed by atoms with Crippen LogP contribution in [0, 0.1) is 0 Å². The molecule has 5 heteroatoms. The second kappa shape index (κ2) is 7.40. The van der Waals surface area contributed by atoms with Gasteiger partial charge in [-0.2, -0.15) is 0 Å². The Labute approximate surface area is 115 Å². The first-order valence-electron chi connectivity index (χ1n) is 7.23. The summed E-state index contributed by atoms with van der Waals surface area (Å²) in [6, 6.07) is 0.286. The van der Waals surface area contributed by atoms with Crippen molar-refractivity contribution in [3.63, 3.8) is 0 Å². The Bertz CT molecular complexity index is 368. The molecule has 2 rings (SSSR count). The van der Waals surface area contributed by atoms with E-state index >= 15 is 0 Å². The van der Waals surface area contributed by atoms with Crippen LogP contribution in [0.15, 0.2) is 12.4 Å². The lowest BCUT2D eigenvalue weighted by atomic mass is 10.0. The lowest BCUT2D eigenvalue weighted by Gasteiger charge is -2.34. The molecule has 0 saturated carbocycles. The van der Waals surface area contributed by atoms with E-state index in [-0.39, 0.29) is 12.6 Å². The number of aromatic nitrogens is 2. The number of aliphatic hydroxyl groups excluding tert-OH is 1. The maximum absolute atomic E-state index is 9.39. The number of nitrogens with one attached hydrogen (secondary N) is 1. The van der Waals surface area contributed by atoms with Crippen LogP contribution in [-0.2, 0) is 6.54 Å². The van der Waals surface area contributed by atoms with Gasteiger partial charge in [-0.05, 0) is 25.8 Å². The third-order valence-corrected chi connectivity index (χ3v) is 3.59. The van der Waals surface area contributed by atoms with Crippen molar-refractivity contribution in [1.82, 2.24) is 14.9 Å². The van der Waals surface area contributed by atoms with Crippen molar-refractivity contribution in [2.75, 3.05) is 25.0 Å². The number of likely N-dealkylation sites (tertiary alicyclic amines) is 1. The smallest absolute Gasteiger partial charge is 0.144 e. The van der Waals surface area contributed by atoms with Gasteiger partial charge in [0.2, 0.25) is 0 Å². The van der Waals surface area contributed by atoms with E-state index in [9.17, 15) is 5.11 Å². The van der Waals surface area contributed by atoms with Crippen LogP contribution in [0.2, 0.25) is 0 Å². The molecule has 1 aromatic rings. The number of nitrogens with zero attached hydrogens (tertiary/aromatic N) is 3. The Morgan fingerprint density at radius 1 is 1.37 bits per heavy atom. The van der Waals surface area contributed by atoms with E-state index in [1.54, 1.807) is 6.20 Å². The minimum atomic E-state index is 0.240. The Kier molecular flexibility index (Phi) is 5.54. The fraction of sp³-hybridized carbons (Fsp3) is 0.714. The van der Waals surface area contributed by atoms with Gasteiger partial charge in [0.05, 0.1) is 24.7 Å². The first kappa shape index (κ1) is 14.2. The summed E-state index contributed by atoms with van der Waals surface area (Å²) in [7, 11) is 0. The van der Waals surface area contributed by atoms with Gasteiger partial charge >= 0.3 is 0 Å². The predicted molar refractivity (Wildman–Crippen MR) is 75.9 cm³/mol. The Hall–Kier alpha value is -1.20. The molecule has 1 aliphatic heterocycles. The van der Waals surface area contributed by atoms with Crippen LogP contribution < -0.4 is 5.32 Å². The number of piperidine rings is 1. The molecular formula is C14H24N4O. The van der Waals surface area contributed by atoms with E-state index in [0.717, 1.165) is 44.0 Å². The predicted octanol–water partition coefficient (Wildman–Crippen LogP) is 1.65. The average Bonchev–Trinajstić information content (AvgIpc) is 2.47. The highest BCUT2D eigenvalue weighted by Crippen LogP contribution is 2.18. The first-order chi connectivity index (χ1) is 9.33. The summed E-state index contributed by atoms with van der Waals surface area (Å²) in [6.07, 6.45) is 8.22. The lowest BCUT2D eigenvalue weighted by molar-refractivity contribution is 0.0830. The molecule has 1 fully saturated rings. The fourth-order valence-electron chi connectivity index (χ4n) is 2.46. The van der Waals surface area contributed by atoms with E-state index in [0.29, 0.717) is 0 Å². The highest BCUT2D eigenvalue weighted by atomic mass is 16.3. The van der Waals surface area contributed by atoms with Gasteiger partial charge in [-0.3, -0.25) is 9.88 Å². The maximum Gasteiger partial charge on any atom is 0.144 e. The minimum absolute atomic E-state index is 0.240. The van der Waals surface area contributed by atoms with Crippen molar-refractivity contribution < 1.29 is 5.11 Å². The average molecular weight is 264 g/mol. The molecule has 0 aliphatic carbocycles. The molecular weight excluding hydrogens is 240 g/mol. The third kappa shape index (κ3) is 4.14. The lowest BCUT2D eigenvalue weighted by Crippen LogP contribution is -2.41. The highest BCUT2D eigenvalue weighted by Gasteiger charge is 2.21. The number of aliphatic hydroxyl groups is 1. The van der Waals surface area contributed by atoms with Crippen molar-refractivity contribution in [2.24, 2.45) is 0 Å². The zero-order chi connectivity index (χ0) is 13.5. The summed E-state index contributed by atoms with van der Waals surface area (Å²) in [4.78, 5) is 11.1. The molecule has 5 nitrogen and oxygen atoms in total. The zero-order valence-corrected chi connectivity index (χ0v) is 11.7. The molecule has 19 heavy (non-hydrogen) atoms. The summed E-state index contributed by atoms with van der Waals surface area (Å²) < 4.78 is 0. The van der Waals surface area contributed by atoms with Crippen LogP contribution in [0.4, 0.5) is 5.82 Å². The van der Waals surface area contributed by atoms with Crippen LogP contribution in [0.3, 0.4) is 0 Å². The van der Waals surface area contributed by atoms with Gasteiger partial charge in [0, 0.05) is 19.1 Å². The van der Waals surface area contributed by atoms with Gasteiger partial charge in [-0.25, -0.2) is 4.98 Å². The van der Waals surface area contributed by atoms with Crippen LogP contribution in [0.5, 0.6) is 0 Å². The standard InChI is InChI=1S/C14H24N4O/c1-2-6-15-14-9-16-12(8-17-14)10-18-7-4-3-5-13(18)11-19/h8-9,13,19H,2-7,10-11H2,1H3,(H,15,17). The maximum atomic E-state index is 9.39. The van der Waals surface area contributed by atoms with Gasteiger partial charge in [-0.15, -0.1) is 0 Å². The fourth-order valence-corrected chi connectivity index (χ4v) is 2.46. The molecule has 1 aromatic heterocycles. The molecule has 1 unspecified atom stereocenters. The summed E-state index contributed by atoms with van der Waals surface area (Å²) in [5, 5.41) is 12.6. The molecule has 0 spiro atoms. The summed E-state index contributed by atoms with van der Waals surface area (Å²) in [5.74, 6) is 0.836. The van der Waals surface area contributed by atoms with E-state index in [4.69, 9.17) is 0 Å². The topological polar surface area (TPSA) is 61.3 Å². The molecule has 1 atom stereocenters. The summed E-state index contributed by atoms with van der Waals surface area (Å²) >= 11 is 0. The Balaban J connectivity index is 1.90. The van der Waals surface area contributed by atoms with Gasteiger partial charge in [0.1, 0.15) is 5.82 Å². The summed E-state index contributed by atoms with van der Waals surface area (Å²) in [6.45, 7) is 5.12. The zero-order valence-electron chi connectivity index (χ0n) is 11.7. The van der Waals surface area contributed by atoms with E-state index in [1.807, 2.05) is 6.20 Å². The van der Waals surface area contributed by atoms with Crippen LogP contribution in [0.25, 0.3) is 0 Å². The van der Waals surface area contributed by atoms with Crippen LogP contribution in [-0.4, -0.2) is 45.7 Å². The SMILES string of the molecule is CCCNc1cnc(CN2CCCCC2CO)cn1. The normalized spacial score (nSPS) is 20.4. The molecule has 0 amide bonds. The van der Waals surface area contributed by atoms with E-state index < -0.39 is 0 Å². The molecule has 2 N–H and O–H groups in total. The van der Waals surface area contributed by atoms with Gasteiger partial charge in [0.15, 0.2) is 0 Å². The van der Waals surface area contributed by atoms with Crippen LogP contribution in [0.1, 0.15) is 38.3 Å². The van der Waals surface area contributed by atoms with Crippen molar-refractivity contribution in [2.45, 2.75) is 45.2 Å². The van der Waals surface area contributed by atoms with E-state index in [2.05, 4.69) is 27.1 Å². The van der Waals surface area contributed by atoms with Crippen molar-refractivity contribution in [3.8, 4) is 0 Å². The van der Waals surface area contributed by atoms with Gasteiger partial charge < -0.3 is 10.4 Å². The molecule has 1 aliphatic rings. The number of hydrogen-bond donors (Lipinski definition) is 2. The monoisotopic (exact) mass is 264 g/mol. The first-order valence-corrected chi connectivity index (χ1v) is 7.23. The largest absolute Gasteiger partial charge is 0.395 e. The Morgan fingerprint density at radius 3 is 2.95 bits per heavy atom. The second-order valence-corrected chi connectivity index (χ2v) is 5.12. The molecule has 0 radical (unpaired) electrons. The van der Waals surface area contributed by atoms with Crippen molar-refractivity contribution in [1.29, 1.82) is 0 Å². The molecule has 1 saturated heterocycles. The molecule has 2 heterocycles. The molecule has 106 valence electrons. The molecule has 0 aromatic carbocycles. The van der Waals surface area contributed by atoms with Gasteiger partial charge in [-0.1, -0.05) is 13.3 Å². The molecule has 0 bridgehead atoms. The number of hydrogen-bond acceptors (Lipinski definition) is 5.